The third-order valence-corrected chi connectivity index (χ3v) is 6.85. The number of halogens is 2. The maximum absolute atomic E-state index is 14.7. The van der Waals surface area contributed by atoms with Gasteiger partial charge in [-0.15, -0.1) is 0 Å². The highest BCUT2D eigenvalue weighted by molar-refractivity contribution is 6.33. The average molecular weight is 506 g/mol. The van der Waals surface area contributed by atoms with Gasteiger partial charge in [-0.3, -0.25) is 0 Å². The molecule has 10 heteroatoms. The standard InChI is InChI=1S/C17H19ClFN5O.C8H14O2/c1-8(2)24-12-6-9(13-10(18)7-21-16(20)23-13)5-11(19)14(12)22-15(24)17(3,4)25;9-7-2-1-3-8(4-7)5-10-6-8/h5-8,25H,1-4H3,(H2,20,21,23);7,9H,1-6H2. The fourth-order valence-corrected chi connectivity index (χ4v) is 5.10. The number of ether oxygens (including phenoxy) is 1. The zero-order valence-electron chi connectivity index (χ0n) is 20.6. The number of aliphatic hydroxyl groups excluding tert-OH is 1. The lowest BCUT2D eigenvalue weighted by atomic mass is 9.71. The predicted molar refractivity (Wildman–Crippen MR) is 133 cm³/mol. The van der Waals surface area contributed by atoms with Crippen LogP contribution in [0, 0.1) is 11.2 Å². The first-order valence-corrected chi connectivity index (χ1v) is 12.3. The van der Waals surface area contributed by atoms with Crippen LogP contribution in [-0.2, 0) is 10.3 Å². The first kappa shape index (κ1) is 25.8. The van der Waals surface area contributed by atoms with Crippen molar-refractivity contribution in [1.29, 1.82) is 0 Å². The fraction of sp³-hybridized carbons (Fsp3) is 0.560. The van der Waals surface area contributed by atoms with Crippen molar-refractivity contribution in [2.45, 2.75) is 71.1 Å². The van der Waals surface area contributed by atoms with Crippen molar-refractivity contribution in [1.82, 2.24) is 19.5 Å². The molecule has 190 valence electrons. The number of hydrogen-bond donors (Lipinski definition) is 3. The number of nitrogen functional groups attached to an aromatic ring is 1. The number of aromatic nitrogens is 4. The molecule has 1 saturated carbocycles. The van der Waals surface area contributed by atoms with Crippen molar-refractivity contribution in [2.24, 2.45) is 5.41 Å². The van der Waals surface area contributed by atoms with Crippen LogP contribution in [0.3, 0.4) is 0 Å². The van der Waals surface area contributed by atoms with Crippen LogP contribution in [0.2, 0.25) is 5.02 Å². The van der Waals surface area contributed by atoms with Gasteiger partial charge in [0, 0.05) is 17.0 Å². The molecule has 1 aromatic carbocycles. The number of aliphatic hydroxyl groups is 2. The van der Waals surface area contributed by atoms with E-state index in [-0.39, 0.29) is 28.6 Å². The van der Waals surface area contributed by atoms with Crippen LogP contribution < -0.4 is 5.73 Å². The van der Waals surface area contributed by atoms with Gasteiger partial charge in [0.1, 0.15) is 16.9 Å². The molecule has 35 heavy (non-hydrogen) atoms. The Morgan fingerprint density at radius 2 is 2.00 bits per heavy atom. The molecule has 3 aromatic rings. The molecule has 1 aliphatic carbocycles. The Morgan fingerprint density at radius 3 is 2.54 bits per heavy atom. The van der Waals surface area contributed by atoms with Crippen LogP contribution in [0.1, 0.15) is 65.2 Å². The van der Waals surface area contributed by atoms with Crippen molar-refractivity contribution in [2.75, 3.05) is 18.9 Å². The van der Waals surface area contributed by atoms with Crippen molar-refractivity contribution in [3.8, 4) is 11.3 Å². The normalized spacial score (nSPS) is 19.5. The van der Waals surface area contributed by atoms with Gasteiger partial charge in [0.2, 0.25) is 5.95 Å². The van der Waals surface area contributed by atoms with Crippen LogP contribution >= 0.6 is 11.6 Å². The molecule has 0 amide bonds. The number of nitrogens with two attached hydrogens (primary N) is 1. The summed E-state index contributed by atoms with van der Waals surface area (Å²) in [5.41, 5.74) is 6.36. The first-order valence-electron chi connectivity index (χ1n) is 11.9. The van der Waals surface area contributed by atoms with Crippen molar-refractivity contribution >= 4 is 28.6 Å². The van der Waals surface area contributed by atoms with Gasteiger partial charge in [-0.2, -0.15) is 0 Å². The monoisotopic (exact) mass is 505 g/mol. The van der Waals surface area contributed by atoms with E-state index in [4.69, 9.17) is 22.1 Å². The van der Waals surface area contributed by atoms with Gasteiger partial charge in [0.25, 0.3) is 0 Å². The first-order chi connectivity index (χ1) is 16.4. The van der Waals surface area contributed by atoms with Crippen LogP contribution in [0.15, 0.2) is 18.3 Å². The second kappa shape index (κ2) is 9.61. The summed E-state index contributed by atoms with van der Waals surface area (Å²) in [7, 11) is 0. The summed E-state index contributed by atoms with van der Waals surface area (Å²) in [6.07, 6.45) is 5.77. The third kappa shape index (κ3) is 5.28. The van der Waals surface area contributed by atoms with Crippen molar-refractivity contribution in [3.63, 3.8) is 0 Å². The van der Waals surface area contributed by atoms with E-state index < -0.39 is 11.4 Å². The Kier molecular flexibility index (Phi) is 7.07. The zero-order valence-corrected chi connectivity index (χ0v) is 21.3. The molecule has 2 fully saturated rings. The summed E-state index contributed by atoms with van der Waals surface area (Å²) in [4.78, 5) is 12.3. The van der Waals surface area contributed by atoms with Gasteiger partial charge in [-0.05, 0) is 59.1 Å². The van der Waals surface area contributed by atoms with Gasteiger partial charge in [-0.1, -0.05) is 18.0 Å². The molecule has 1 spiro atoms. The average Bonchev–Trinajstić information content (AvgIpc) is 3.16. The summed E-state index contributed by atoms with van der Waals surface area (Å²) in [6, 6.07) is 3.02. The maximum Gasteiger partial charge on any atom is 0.220 e. The molecule has 8 nitrogen and oxygen atoms in total. The Bertz CT molecular complexity index is 1220. The molecule has 4 N–H and O–H groups in total. The Morgan fingerprint density at radius 1 is 1.29 bits per heavy atom. The van der Waals surface area contributed by atoms with Gasteiger partial charge >= 0.3 is 0 Å². The van der Waals surface area contributed by atoms with E-state index >= 15 is 0 Å². The van der Waals surface area contributed by atoms with E-state index in [1.807, 2.05) is 13.8 Å². The molecule has 0 bridgehead atoms. The van der Waals surface area contributed by atoms with Crippen LogP contribution in [0.5, 0.6) is 0 Å². The second-order valence-corrected chi connectivity index (χ2v) is 10.9. The smallest absolute Gasteiger partial charge is 0.220 e. The van der Waals surface area contributed by atoms with Gasteiger partial charge < -0.3 is 25.3 Å². The second-order valence-electron chi connectivity index (χ2n) is 10.5. The number of hydrogen-bond acceptors (Lipinski definition) is 7. The summed E-state index contributed by atoms with van der Waals surface area (Å²) in [5.74, 6) is -0.0815. The lowest BCUT2D eigenvalue weighted by Gasteiger charge is -2.45. The van der Waals surface area contributed by atoms with E-state index in [1.54, 1.807) is 24.5 Å². The minimum atomic E-state index is -1.22. The predicted octanol–water partition coefficient (Wildman–Crippen LogP) is 4.61. The summed E-state index contributed by atoms with van der Waals surface area (Å²) >= 11 is 6.15. The lowest BCUT2D eigenvalue weighted by Crippen LogP contribution is -2.47. The molecular weight excluding hydrogens is 473 g/mol. The number of rotatable bonds is 3. The third-order valence-electron chi connectivity index (χ3n) is 6.58. The minimum Gasteiger partial charge on any atom is -0.393 e. The number of anilines is 1. The molecule has 1 atom stereocenters. The molecular formula is C25H33ClFN5O3. The van der Waals surface area contributed by atoms with E-state index in [0.717, 1.165) is 26.1 Å². The molecule has 1 unspecified atom stereocenters. The number of benzene rings is 1. The van der Waals surface area contributed by atoms with Gasteiger partial charge in [-0.25, -0.2) is 19.3 Å². The highest BCUT2D eigenvalue weighted by Crippen LogP contribution is 2.42. The SMILES string of the molecule is CC(C)n1c(C(C)(C)O)nc2c(F)cc(-c3nc(N)ncc3Cl)cc21.OC1CCCC2(COC2)C1. The molecule has 3 heterocycles. The van der Waals surface area contributed by atoms with E-state index in [1.165, 1.54) is 25.1 Å². The van der Waals surface area contributed by atoms with Gasteiger partial charge in [0.05, 0.1) is 41.7 Å². The summed E-state index contributed by atoms with van der Waals surface area (Å²) in [5, 5.41) is 20.0. The van der Waals surface area contributed by atoms with Crippen molar-refractivity contribution < 1.29 is 19.3 Å². The molecule has 2 aromatic heterocycles. The minimum absolute atomic E-state index is 0.0352. The highest BCUT2D eigenvalue weighted by atomic mass is 35.5. The lowest BCUT2D eigenvalue weighted by molar-refractivity contribution is -0.149. The quantitative estimate of drug-likeness (QED) is 0.475. The molecule has 0 radical (unpaired) electrons. The molecule has 2 aliphatic rings. The Hall–Kier alpha value is -2.33. The fourth-order valence-electron chi connectivity index (χ4n) is 4.90. The molecule has 1 aliphatic heterocycles. The number of nitrogens with zero attached hydrogens (tertiary/aromatic N) is 4. The van der Waals surface area contributed by atoms with E-state index in [0.29, 0.717) is 28.0 Å². The summed E-state index contributed by atoms with van der Waals surface area (Å²) < 4.78 is 21.7. The largest absolute Gasteiger partial charge is 0.393 e. The number of fused-ring (bicyclic) bond motifs is 1. The van der Waals surface area contributed by atoms with E-state index in [2.05, 4.69) is 15.0 Å². The Labute approximate surface area is 209 Å². The maximum atomic E-state index is 14.7. The molecule has 5 rings (SSSR count). The zero-order chi connectivity index (χ0) is 25.5. The van der Waals surface area contributed by atoms with Crippen LogP contribution in [0.25, 0.3) is 22.3 Å². The van der Waals surface area contributed by atoms with Crippen LogP contribution in [0.4, 0.5) is 10.3 Å². The Balaban J connectivity index is 0.000000239. The van der Waals surface area contributed by atoms with Crippen LogP contribution in [-0.4, -0.2) is 49.0 Å². The number of imidazole rings is 1. The highest BCUT2D eigenvalue weighted by Gasteiger charge is 2.42. The molecule has 1 saturated heterocycles. The van der Waals surface area contributed by atoms with Crippen molar-refractivity contribution in [3.05, 3.63) is 35.0 Å². The topological polar surface area (TPSA) is 119 Å². The van der Waals surface area contributed by atoms with Gasteiger partial charge in [0.15, 0.2) is 5.82 Å². The summed E-state index contributed by atoms with van der Waals surface area (Å²) in [6.45, 7) is 8.91. The van der Waals surface area contributed by atoms with E-state index in [9.17, 15) is 14.6 Å².